The summed E-state index contributed by atoms with van der Waals surface area (Å²) in [5.41, 5.74) is -0.363. The third kappa shape index (κ3) is 4.39. The molecular weight excluding hydrogens is 342 g/mol. The molecule has 0 saturated carbocycles. The fraction of sp³-hybridized carbons (Fsp3) is 0. The summed E-state index contributed by atoms with van der Waals surface area (Å²) < 4.78 is 0. The molecule has 2 rings (SSSR count). The summed E-state index contributed by atoms with van der Waals surface area (Å²) in [6.07, 6.45) is 1.10. The van der Waals surface area contributed by atoms with Crippen molar-refractivity contribution < 1.29 is 14.6 Å². The third-order valence-electron chi connectivity index (χ3n) is 3.18. The van der Waals surface area contributed by atoms with Crippen LogP contribution in [0.3, 0.4) is 0 Å². The number of nitro groups is 2. The second kappa shape index (κ2) is 8.02. The summed E-state index contributed by atoms with van der Waals surface area (Å²) in [5.74, 6) is -0.837. The summed E-state index contributed by atoms with van der Waals surface area (Å²) in [7, 11) is 0. The van der Waals surface area contributed by atoms with E-state index in [1.807, 2.05) is 0 Å². The van der Waals surface area contributed by atoms with E-state index >= 15 is 0 Å². The van der Waals surface area contributed by atoms with Gasteiger partial charge >= 0.3 is 0 Å². The molecule has 0 aliphatic rings. The number of anilines is 2. The van der Waals surface area contributed by atoms with Crippen molar-refractivity contribution >= 4 is 28.7 Å². The van der Waals surface area contributed by atoms with E-state index in [9.17, 15) is 25.0 Å². The average molecular weight is 353 g/mol. The number of rotatable bonds is 6. The molecule has 0 fully saturated rings. The summed E-state index contributed by atoms with van der Waals surface area (Å²) >= 11 is 0. The molecule has 0 radical (unpaired) electrons. The molecule has 10 heteroatoms. The van der Waals surface area contributed by atoms with Crippen LogP contribution in [0.1, 0.15) is 0 Å². The Kier molecular flexibility index (Phi) is 5.58. The Morgan fingerprint density at radius 2 is 1.69 bits per heavy atom. The normalized spacial score (nSPS) is 10.5. The number of non-ortho nitro benzene ring substituents is 1. The maximum absolute atomic E-state index is 12.1. The van der Waals surface area contributed by atoms with Gasteiger partial charge in [-0.1, -0.05) is 12.1 Å². The first-order valence-electron chi connectivity index (χ1n) is 7.08. The highest BCUT2D eigenvalue weighted by molar-refractivity contribution is 6.07. The molecule has 2 N–H and O–H groups in total. The fourth-order valence-electron chi connectivity index (χ4n) is 1.91. The minimum atomic E-state index is -0.837. The zero-order chi connectivity index (χ0) is 19.1. The Balaban J connectivity index is 2.14. The minimum Gasteiger partial charge on any atom is -0.360 e. The van der Waals surface area contributed by atoms with Crippen LogP contribution in [-0.4, -0.2) is 15.8 Å². The third-order valence-corrected chi connectivity index (χ3v) is 3.18. The Labute approximate surface area is 146 Å². The van der Waals surface area contributed by atoms with Crippen LogP contribution in [-0.2, 0) is 4.79 Å². The van der Waals surface area contributed by atoms with Gasteiger partial charge in [-0.2, -0.15) is 5.26 Å². The maximum atomic E-state index is 12.1. The molecule has 26 heavy (non-hydrogen) atoms. The van der Waals surface area contributed by atoms with Gasteiger partial charge in [-0.25, -0.2) is 0 Å². The number of hydrogen-bond acceptors (Lipinski definition) is 7. The lowest BCUT2D eigenvalue weighted by Crippen LogP contribution is -2.15. The smallest absolute Gasteiger partial charge is 0.292 e. The lowest BCUT2D eigenvalue weighted by atomic mass is 10.2. The van der Waals surface area contributed by atoms with Crippen molar-refractivity contribution in [1.29, 1.82) is 5.26 Å². The van der Waals surface area contributed by atoms with Gasteiger partial charge in [0.25, 0.3) is 17.3 Å². The zero-order valence-electron chi connectivity index (χ0n) is 13.1. The fourth-order valence-corrected chi connectivity index (χ4v) is 1.91. The summed E-state index contributed by atoms with van der Waals surface area (Å²) in [6.45, 7) is 0. The van der Waals surface area contributed by atoms with E-state index in [0.29, 0.717) is 5.69 Å². The number of nitriles is 1. The van der Waals surface area contributed by atoms with Crippen LogP contribution in [0.15, 0.2) is 60.3 Å². The number of carbonyl (C=O) groups excluding carboxylic acids is 1. The van der Waals surface area contributed by atoms with Gasteiger partial charge in [0, 0.05) is 30.1 Å². The van der Waals surface area contributed by atoms with Crippen LogP contribution in [0.4, 0.5) is 22.7 Å². The molecule has 0 spiro atoms. The molecule has 0 bridgehead atoms. The standard InChI is InChI=1S/C16H11N5O5/c17-9-11(10-18-12-5-7-13(8-6-12)20(23)24)16(22)19-14-3-1-2-4-15(14)21(25)26/h1-8,10,18H,(H,19,22)/b11-10-. The van der Waals surface area contributed by atoms with Crippen molar-refractivity contribution in [1.82, 2.24) is 0 Å². The second-order valence-corrected chi connectivity index (χ2v) is 4.85. The van der Waals surface area contributed by atoms with Crippen molar-refractivity contribution in [2.75, 3.05) is 10.6 Å². The summed E-state index contributed by atoms with van der Waals surface area (Å²) in [6, 6.07) is 12.5. The van der Waals surface area contributed by atoms with Gasteiger partial charge in [0.2, 0.25) is 0 Å². The van der Waals surface area contributed by atoms with Crippen LogP contribution in [0.2, 0.25) is 0 Å². The topological polar surface area (TPSA) is 151 Å². The summed E-state index contributed by atoms with van der Waals surface area (Å²) in [4.78, 5) is 32.5. The molecule has 2 aromatic carbocycles. The molecule has 0 aromatic heterocycles. The molecule has 2 aromatic rings. The van der Waals surface area contributed by atoms with Crippen LogP contribution in [0, 0.1) is 31.6 Å². The van der Waals surface area contributed by atoms with Crippen molar-refractivity contribution in [2.45, 2.75) is 0 Å². The van der Waals surface area contributed by atoms with E-state index in [2.05, 4.69) is 10.6 Å². The zero-order valence-corrected chi connectivity index (χ0v) is 13.1. The molecule has 0 saturated heterocycles. The Morgan fingerprint density at radius 3 is 2.27 bits per heavy atom. The number of nitrogens with zero attached hydrogens (tertiary/aromatic N) is 3. The van der Waals surface area contributed by atoms with Crippen LogP contribution in [0.25, 0.3) is 0 Å². The van der Waals surface area contributed by atoms with Gasteiger partial charge < -0.3 is 10.6 Å². The van der Waals surface area contributed by atoms with Crippen molar-refractivity contribution in [3.63, 3.8) is 0 Å². The average Bonchev–Trinajstić information content (AvgIpc) is 2.63. The van der Waals surface area contributed by atoms with Crippen molar-refractivity contribution in [3.05, 3.63) is 80.5 Å². The largest absolute Gasteiger partial charge is 0.360 e. The first kappa shape index (κ1) is 18.1. The highest BCUT2D eigenvalue weighted by Crippen LogP contribution is 2.23. The highest BCUT2D eigenvalue weighted by atomic mass is 16.6. The number of amides is 1. The van der Waals surface area contributed by atoms with Crippen molar-refractivity contribution in [3.8, 4) is 6.07 Å². The second-order valence-electron chi connectivity index (χ2n) is 4.85. The number of nitro benzene ring substituents is 2. The highest BCUT2D eigenvalue weighted by Gasteiger charge is 2.17. The van der Waals surface area contributed by atoms with Gasteiger partial charge in [-0.3, -0.25) is 25.0 Å². The molecule has 1 amide bonds. The lowest BCUT2D eigenvalue weighted by Gasteiger charge is -2.05. The Morgan fingerprint density at radius 1 is 1.04 bits per heavy atom. The van der Waals surface area contributed by atoms with E-state index in [1.165, 1.54) is 48.5 Å². The maximum Gasteiger partial charge on any atom is 0.292 e. The van der Waals surface area contributed by atoms with Crippen molar-refractivity contribution in [2.24, 2.45) is 0 Å². The number of benzene rings is 2. The number of hydrogen-bond donors (Lipinski definition) is 2. The van der Waals surface area contributed by atoms with E-state index < -0.39 is 15.8 Å². The SMILES string of the molecule is N#C/C(=C/Nc1ccc([N+](=O)[O-])cc1)C(=O)Nc1ccccc1[N+](=O)[O-]. The molecule has 0 atom stereocenters. The van der Waals surface area contributed by atoms with E-state index in [0.717, 1.165) is 6.20 Å². The first-order chi connectivity index (χ1) is 12.4. The Hall–Kier alpha value is -4.26. The van der Waals surface area contributed by atoms with E-state index in [4.69, 9.17) is 5.26 Å². The van der Waals surface area contributed by atoms with E-state index in [-0.39, 0.29) is 22.6 Å². The first-order valence-corrected chi connectivity index (χ1v) is 7.08. The number of nitrogens with one attached hydrogen (secondary N) is 2. The molecule has 0 aliphatic carbocycles. The van der Waals surface area contributed by atoms with Gasteiger partial charge in [0.05, 0.1) is 9.85 Å². The Bertz CT molecular complexity index is 931. The van der Waals surface area contributed by atoms with Gasteiger partial charge in [-0.05, 0) is 18.2 Å². The number of para-hydroxylation sites is 2. The predicted octanol–water partition coefficient (Wildman–Crippen LogP) is 2.96. The molecular formula is C16H11N5O5. The molecule has 0 unspecified atom stereocenters. The van der Waals surface area contributed by atoms with Gasteiger partial charge in [-0.15, -0.1) is 0 Å². The lowest BCUT2D eigenvalue weighted by molar-refractivity contribution is -0.384. The number of carbonyl (C=O) groups is 1. The quantitative estimate of drug-likeness (QED) is 0.350. The molecule has 0 heterocycles. The van der Waals surface area contributed by atoms with Crippen LogP contribution < -0.4 is 10.6 Å². The molecule has 10 nitrogen and oxygen atoms in total. The van der Waals surface area contributed by atoms with Gasteiger partial charge in [0.15, 0.2) is 0 Å². The van der Waals surface area contributed by atoms with E-state index in [1.54, 1.807) is 6.07 Å². The monoisotopic (exact) mass is 353 g/mol. The minimum absolute atomic E-state index is 0.0426. The van der Waals surface area contributed by atoms with Crippen LogP contribution in [0.5, 0.6) is 0 Å². The van der Waals surface area contributed by atoms with Gasteiger partial charge in [0.1, 0.15) is 17.3 Å². The summed E-state index contributed by atoms with van der Waals surface area (Å²) in [5, 5.41) is 35.6. The predicted molar refractivity (Wildman–Crippen MR) is 92.1 cm³/mol. The molecule has 0 aliphatic heterocycles. The van der Waals surface area contributed by atoms with Crippen LogP contribution >= 0.6 is 0 Å². The molecule has 130 valence electrons.